The summed E-state index contributed by atoms with van der Waals surface area (Å²) >= 11 is 0. The molecule has 0 saturated heterocycles. The topological polar surface area (TPSA) is 70.7 Å². The zero-order valence-corrected chi connectivity index (χ0v) is 13.4. The van der Waals surface area contributed by atoms with E-state index < -0.39 is 0 Å². The number of hydrogen-bond donors (Lipinski definition) is 2. The second-order valence-electron chi connectivity index (χ2n) is 6.48. The molecule has 1 amide bonds. The number of amides is 1. The maximum atomic E-state index is 12.0. The lowest BCUT2D eigenvalue weighted by molar-refractivity contribution is 0.0927. The SMILES string of the molecule is CCCCCCC(C)NC(=O)c1n[nH]c(C(C)(C)C)n1. The third-order valence-electron chi connectivity index (χ3n) is 3.27. The Bertz CT molecular complexity index is 420. The van der Waals surface area contributed by atoms with Crippen LogP contribution in [-0.4, -0.2) is 27.1 Å². The van der Waals surface area contributed by atoms with Crippen LogP contribution in [0.2, 0.25) is 0 Å². The molecule has 0 fully saturated rings. The standard InChI is InChI=1S/C15H28N4O/c1-6-7-8-9-10-11(2)16-13(20)12-17-14(19-18-12)15(3,4)5/h11H,6-10H2,1-5H3,(H,16,20)(H,17,18,19). The Morgan fingerprint density at radius 1 is 1.30 bits per heavy atom. The van der Waals surface area contributed by atoms with Gasteiger partial charge in [-0.3, -0.25) is 9.89 Å². The largest absolute Gasteiger partial charge is 0.347 e. The van der Waals surface area contributed by atoms with Gasteiger partial charge in [0.05, 0.1) is 0 Å². The fourth-order valence-corrected chi connectivity index (χ4v) is 1.94. The van der Waals surface area contributed by atoms with Crippen molar-refractivity contribution in [2.45, 2.75) is 78.2 Å². The number of hydrogen-bond acceptors (Lipinski definition) is 3. The van der Waals surface area contributed by atoms with Crippen LogP contribution in [0.25, 0.3) is 0 Å². The summed E-state index contributed by atoms with van der Waals surface area (Å²) in [4.78, 5) is 16.3. The molecule has 1 aromatic heterocycles. The molecule has 0 aliphatic heterocycles. The molecule has 5 nitrogen and oxygen atoms in total. The van der Waals surface area contributed by atoms with Gasteiger partial charge in [-0.25, -0.2) is 4.98 Å². The average molecular weight is 280 g/mol. The summed E-state index contributed by atoms with van der Waals surface area (Å²) in [5, 5.41) is 9.79. The van der Waals surface area contributed by atoms with E-state index >= 15 is 0 Å². The summed E-state index contributed by atoms with van der Waals surface area (Å²) in [6.07, 6.45) is 5.87. The molecule has 0 radical (unpaired) electrons. The third-order valence-corrected chi connectivity index (χ3v) is 3.27. The summed E-state index contributed by atoms with van der Waals surface area (Å²) < 4.78 is 0. The van der Waals surface area contributed by atoms with Gasteiger partial charge >= 0.3 is 0 Å². The van der Waals surface area contributed by atoms with Gasteiger partial charge in [0.1, 0.15) is 5.82 Å². The summed E-state index contributed by atoms with van der Waals surface area (Å²) in [7, 11) is 0. The van der Waals surface area contributed by atoms with Gasteiger partial charge < -0.3 is 5.32 Å². The zero-order valence-electron chi connectivity index (χ0n) is 13.4. The second kappa shape index (κ2) is 7.41. The van der Waals surface area contributed by atoms with Crippen molar-refractivity contribution in [3.63, 3.8) is 0 Å². The molecular weight excluding hydrogens is 252 g/mol. The van der Waals surface area contributed by atoms with Gasteiger partial charge in [-0.1, -0.05) is 53.4 Å². The molecule has 1 unspecified atom stereocenters. The monoisotopic (exact) mass is 280 g/mol. The Balaban J connectivity index is 2.44. The van der Waals surface area contributed by atoms with Gasteiger partial charge in [-0.15, -0.1) is 5.10 Å². The fraction of sp³-hybridized carbons (Fsp3) is 0.800. The van der Waals surface area contributed by atoms with Crippen molar-refractivity contribution >= 4 is 5.91 Å². The van der Waals surface area contributed by atoms with Gasteiger partial charge in [0.15, 0.2) is 0 Å². The summed E-state index contributed by atoms with van der Waals surface area (Å²) in [5.74, 6) is 0.772. The minimum atomic E-state index is -0.195. The van der Waals surface area contributed by atoms with E-state index in [4.69, 9.17) is 0 Å². The van der Waals surface area contributed by atoms with Crippen LogP contribution >= 0.6 is 0 Å². The molecule has 0 bridgehead atoms. The zero-order chi connectivity index (χ0) is 15.2. The number of nitrogens with one attached hydrogen (secondary N) is 2. The normalized spacial score (nSPS) is 13.2. The number of unbranched alkanes of at least 4 members (excludes halogenated alkanes) is 3. The highest BCUT2D eigenvalue weighted by Gasteiger charge is 2.21. The summed E-state index contributed by atoms with van der Waals surface area (Å²) in [6.45, 7) is 10.3. The number of rotatable bonds is 7. The highest BCUT2D eigenvalue weighted by Crippen LogP contribution is 2.17. The molecule has 0 aromatic carbocycles. The molecule has 20 heavy (non-hydrogen) atoms. The Hall–Kier alpha value is -1.39. The lowest BCUT2D eigenvalue weighted by Crippen LogP contribution is -2.33. The van der Waals surface area contributed by atoms with Gasteiger partial charge in [-0.2, -0.15) is 0 Å². The van der Waals surface area contributed by atoms with Crippen molar-refractivity contribution in [3.8, 4) is 0 Å². The predicted octanol–water partition coefficient (Wildman–Crippen LogP) is 3.19. The van der Waals surface area contributed by atoms with E-state index in [2.05, 4.69) is 27.4 Å². The first-order valence-corrected chi connectivity index (χ1v) is 7.58. The first-order valence-electron chi connectivity index (χ1n) is 7.58. The van der Waals surface area contributed by atoms with Crippen molar-refractivity contribution in [3.05, 3.63) is 11.6 Å². The Morgan fingerprint density at radius 2 is 2.00 bits per heavy atom. The number of carbonyl (C=O) groups excluding carboxylic acids is 1. The van der Waals surface area contributed by atoms with E-state index in [9.17, 15) is 4.79 Å². The number of nitrogens with zero attached hydrogens (tertiary/aromatic N) is 2. The predicted molar refractivity (Wildman–Crippen MR) is 80.8 cm³/mol. The van der Waals surface area contributed by atoms with Crippen molar-refractivity contribution in [2.75, 3.05) is 0 Å². The molecule has 5 heteroatoms. The molecule has 1 rings (SSSR count). The molecule has 1 aromatic rings. The molecule has 0 spiro atoms. The molecule has 1 heterocycles. The summed E-state index contributed by atoms with van der Waals surface area (Å²) in [5.41, 5.74) is -0.128. The Kier molecular flexibility index (Phi) is 6.17. The van der Waals surface area contributed by atoms with E-state index in [0.717, 1.165) is 18.7 Å². The van der Waals surface area contributed by atoms with Crippen LogP contribution in [-0.2, 0) is 5.41 Å². The number of H-pyrrole nitrogens is 1. The highest BCUT2D eigenvalue weighted by atomic mass is 16.2. The minimum absolute atomic E-state index is 0.128. The maximum Gasteiger partial charge on any atom is 0.291 e. The lowest BCUT2D eigenvalue weighted by atomic mass is 9.96. The summed E-state index contributed by atoms with van der Waals surface area (Å²) in [6, 6.07) is 0.163. The quantitative estimate of drug-likeness (QED) is 0.753. The molecule has 114 valence electrons. The van der Waals surface area contributed by atoms with Crippen molar-refractivity contribution in [1.29, 1.82) is 0 Å². The first-order chi connectivity index (χ1) is 9.34. The minimum Gasteiger partial charge on any atom is -0.347 e. The van der Waals surface area contributed by atoms with Crippen LogP contribution in [0.1, 0.15) is 83.2 Å². The van der Waals surface area contributed by atoms with E-state index in [-0.39, 0.29) is 23.2 Å². The average Bonchev–Trinajstić information content (AvgIpc) is 2.84. The van der Waals surface area contributed by atoms with Gasteiger partial charge in [0.25, 0.3) is 5.91 Å². The Labute approximate surface area is 122 Å². The molecule has 0 aliphatic carbocycles. The van der Waals surface area contributed by atoms with Crippen LogP contribution in [0.3, 0.4) is 0 Å². The molecular formula is C15H28N4O. The number of aromatic amines is 1. The molecule has 1 atom stereocenters. The Morgan fingerprint density at radius 3 is 2.55 bits per heavy atom. The van der Waals surface area contributed by atoms with Crippen LogP contribution in [0, 0.1) is 0 Å². The molecule has 0 saturated carbocycles. The van der Waals surface area contributed by atoms with Crippen LogP contribution < -0.4 is 5.32 Å². The van der Waals surface area contributed by atoms with Crippen molar-refractivity contribution < 1.29 is 4.79 Å². The second-order valence-corrected chi connectivity index (χ2v) is 6.48. The van der Waals surface area contributed by atoms with E-state index in [1.165, 1.54) is 19.3 Å². The lowest BCUT2D eigenvalue weighted by Gasteiger charge is -2.13. The van der Waals surface area contributed by atoms with E-state index in [1.54, 1.807) is 0 Å². The third kappa shape index (κ3) is 5.31. The van der Waals surface area contributed by atoms with Gasteiger partial charge in [0.2, 0.25) is 5.82 Å². The van der Waals surface area contributed by atoms with Gasteiger partial charge in [0, 0.05) is 11.5 Å². The van der Waals surface area contributed by atoms with Crippen LogP contribution in [0.5, 0.6) is 0 Å². The van der Waals surface area contributed by atoms with Gasteiger partial charge in [-0.05, 0) is 13.3 Å². The number of carbonyl (C=O) groups is 1. The fourth-order valence-electron chi connectivity index (χ4n) is 1.94. The smallest absolute Gasteiger partial charge is 0.291 e. The van der Waals surface area contributed by atoms with E-state index in [1.807, 2.05) is 27.7 Å². The number of aromatic nitrogens is 3. The van der Waals surface area contributed by atoms with Crippen LogP contribution in [0.4, 0.5) is 0 Å². The molecule has 2 N–H and O–H groups in total. The van der Waals surface area contributed by atoms with E-state index in [0.29, 0.717) is 0 Å². The van der Waals surface area contributed by atoms with Crippen LogP contribution in [0.15, 0.2) is 0 Å². The van der Waals surface area contributed by atoms with Crippen molar-refractivity contribution in [1.82, 2.24) is 20.5 Å². The molecule has 0 aliphatic rings. The maximum absolute atomic E-state index is 12.0. The highest BCUT2D eigenvalue weighted by molar-refractivity contribution is 5.90. The first kappa shape index (κ1) is 16.7. The van der Waals surface area contributed by atoms with Crippen molar-refractivity contribution in [2.24, 2.45) is 0 Å².